The molecule has 1 N–H and O–H groups in total. The average molecular weight is 338 g/mol. The number of carbonyl (C=O) groups is 2. The number of aryl methyl sites for hydroxylation is 1. The molecule has 0 saturated heterocycles. The Balaban J connectivity index is 2.07. The predicted octanol–water partition coefficient (Wildman–Crippen LogP) is 4.43. The number of amides is 2. The van der Waals surface area contributed by atoms with E-state index in [0.29, 0.717) is 11.1 Å². The maximum Gasteiger partial charge on any atom is 0.255 e. The van der Waals surface area contributed by atoms with Crippen molar-refractivity contribution in [3.63, 3.8) is 0 Å². The van der Waals surface area contributed by atoms with Crippen LogP contribution in [0.25, 0.3) is 0 Å². The maximum atomic E-state index is 12.4. The van der Waals surface area contributed by atoms with Crippen molar-refractivity contribution in [2.45, 2.75) is 33.6 Å². The van der Waals surface area contributed by atoms with E-state index < -0.39 is 0 Å². The van der Waals surface area contributed by atoms with E-state index >= 15 is 0 Å². The summed E-state index contributed by atoms with van der Waals surface area (Å²) in [4.78, 5) is 26.5. The lowest BCUT2D eigenvalue weighted by atomic mass is 10.1. The van der Waals surface area contributed by atoms with Crippen LogP contribution in [0.2, 0.25) is 0 Å². The Morgan fingerprint density at radius 3 is 2.28 bits per heavy atom. The summed E-state index contributed by atoms with van der Waals surface area (Å²) >= 11 is 0. The van der Waals surface area contributed by atoms with E-state index in [1.54, 1.807) is 36.2 Å². The van der Waals surface area contributed by atoms with Crippen LogP contribution in [0, 0.1) is 13.8 Å². The Labute approximate surface area is 149 Å². The topological polar surface area (TPSA) is 49.4 Å². The van der Waals surface area contributed by atoms with E-state index in [1.807, 2.05) is 32.0 Å². The number of benzene rings is 2. The van der Waals surface area contributed by atoms with Gasteiger partial charge in [-0.15, -0.1) is 0 Å². The van der Waals surface area contributed by atoms with Crippen molar-refractivity contribution >= 4 is 17.5 Å². The minimum atomic E-state index is -0.174. The number of unbranched alkanes of at least 4 members (excludes halogenated alkanes) is 1. The second kappa shape index (κ2) is 8.47. The Kier molecular flexibility index (Phi) is 6.34. The molecule has 4 heteroatoms. The third-order valence-corrected chi connectivity index (χ3v) is 4.44. The van der Waals surface area contributed by atoms with Crippen molar-refractivity contribution in [3.8, 4) is 0 Å². The Morgan fingerprint density at radius 2 is 1.64 bits per heavy atom. The van der Waals surface area contributed by atoms with E-state index in [1.165, 1.54) is 0 Å². The lowest BCUT2D eigenvalue weighted by Crippen LogP contribution is -2.27. The summed E-state index contributed by atoms with van der Waals surface area (Å²) in [6.07, 6.45) is 2.04. The SMILES string of the molecule is CCCCN(C)C(=O)c1ccc(C(=O)Nc2cccc(C)c2C)cc1. The van der Waals surface area contributed by atoms with Gasteiger partial charge < -0.3 is 10.2 Å². The van der Waals surface area contributed by atoms with Gasteiger partial charge in [0.1, 0.15) is 0 Å². The molecular formula is C21H26N2O2. The zero-order valence-corrected chi connectivity index (χ0v) is 15.4. The molecule has 2 aromatic rings. The molecule has 0 unspecified atom stereocenters. The van der Waals surface area contributed by atoms with Crippen LogP contribution in [0.3, 0.4) is 0 Å². The first-order chi connectivity index (χ1) is 11.9. The van der Waals surface area contributed by atoms with Gasteiger partial charge in [-0.05, 0) is 61.7 Å². The Bertz CT molecular complexity index is 751. The molecule has 0 aromatic heterocycles. The van der Waals surface area contributed by atoms with E-state index in [2.05, 4.69) is 12.2 Å². The van der Waals surface area contributed by atoms with Gasteiger partial charge in [-0.25, -0.2) is 0 Å². The van der Waals surface area contributed by atoms with Gasteiger partial charge in [0.05, 0.1) is 0 Å². The number of hydrogen-bond acceptors (Lipinski definition) is 2. The van der Waals surface area contributed by atoms with Crippen molar-refractivity contribution in [3.05, 3.63) is 64.7 Å². The molecule has 0 aliphatic heterocycles. The van der Waals surface area contributed by atoms with Crippen LogP contribution in [-0.2, 0) is 0 Å². The summed E-state index contributed by atoms with van der Waals surface area (Å²) in [6, 6.07) is 12.6. The monoisotopic (exact) mass is 338 g/mol. The summed E-state index contributed by atoms with van der Waals surface area (Å²) in [5, 5.41) is 2.93. The van der Waals surface area contributed by atoms with E-state index in [9.17, 15) is 9.59 Å². The average Bonchev–Trinajstić information content (AvgIpc) is 2.63. The second-order valence-corrected chi connectivity index (χ2v) is 6.36. The third-order valence-electron chi connectivity index (χ3n) is 4.44. The number of nitrogens with one attached hydrogen (secondary N) is 1. The van der Waals surface area contributed by atoms with Crippen molar-refractivity contribution in [1.82, 2.24) is 4.90 Å². The molecule has 0 aliphatic carbocycles. The van der Waals surface area contributed by atoms with Crippen LogP contribution in [0.4, 0.5) is 5.69 Å². The molecular weight excluding hydrogens is 312 g/mol. The molecule has 0 saturated carbocycles. The van der Waals surface area contributed by atoms with Crippen molar-refractivity contribution in [2.75, 3.05) is 18.9 Å². The molecule has 0 fully saturated rings. The zero-order valence-electron chi connectivity index (χ0n) is 15.4. The van der Waals surface area contributed by atoms with Crippen molar-refractivity contribution in [2.24, 2.45) is 0 Å². The largest absolute Gasteiger partial charge is 0.342 e. The second-order valence-electron chi connectivity index (χ2n) is 6.36. The highest BCUT2D eigenvalue weighted by Crippen LogP contribution is 2.19. The lowest BCUT2D eigenvalue weighted by Gasteiger charge is -2.17. The molecule has 4 nitrogen and oxygen atoms in total. The summed E-state index contributed by atoms with van der Waals surface area (Å²) in [7, 11) is 1.80. The van der Waals surface area contributed by atoms with E-state index in [-0.39, 0.29) is 11.8 Å². The minimum Gasteiger partial charge on any atom is -0.342 e. The van der Waals surface area contributed by atoms with Crippen LogP contribution in [0.15, 0.2) is 42.5 Å². The highest BCUT2D eigenvalue weighted by Gasteiger charge is 2.13. The van der Waals surface area contributed by atoms with Crippen LogP contribution in [0.1, 0.15) is 51.6 Å². The molecule has 2 amide bonds. The van der Waals surface area contributed by atoms with Crippen LogP contribution in [0.5, 0.6) is 0 Å². The molecule has 25 heavy (non-hydrogen) atoms. The van der Waals surface area contributed by atoms with Gasteiger partial charge >= 0.3 is 0 Å². The predicted molar refractivity (Wildman–Crippen MR) is 102 cm³/mol. The van der Waals surface area contributed by atoms with E-state index in [4.69, 9.17) is 0 Å². The first kappa shape index (κ1) is 18.7. The van der Waals surface area contributed by atoms with Crippen molar-refractivity contribution in [1.29, 1.82) is 0 Å². The highest BCUT2D eigenvalue weighted by molar-refractivity contribution is 6.05. The molecule has 0 atom stereocenters. The quantitative estimate of drug-likeness (QED) is 0.847. The van der Waals surface area contributed by atoms with E-state index in [0.717, 1.165) is 36.2 Å². The smallest absolute Gasteiger partial charge is 0.255 e. The lowest BCUT2D eigenvalue weighted by molar-refractivity contribution is 0.0792. The molecule has 2 rings (SSSR count). The van der Waals surface area contributed by atoms with Gasteiger partial charge in [0.2, 0.25) is 0 Å². The van der Waals surface area contributed by atoms with Gasteiger partial charge in [-0.2, -0.15) is 0 Å². The van der Waals surface area contributed by atoms with Gasteiger partial charge in [-0.3, -0.25) is 9.59 Å². The van der Waals surface area contributed by atoms with Crippen molar-refractivity contribution < 1.29 is 9.59 Å². The molecule has 0 spiro atoms. The molecule has 132 valence electrons. The fourth-order valence-corrected chi connectivity index (χ4v) is 2.56. The van der Waals surface area contributed by atoms with Gasteiger partial charge in [0.15, 0.2) is 0 Å². The molecule has 2 aromatic carbocycles. The molecule has 0 bridgehead atoms. The first-order valence-corrected chi connectivity index (χ1v) is 8.67. The number of hydrogen-bond donors (Lipinski definition) is 1. The standard InChI is InChI=1S/C21H26N2O2/c1-5-6-14-23(4)21(25)18-12-10-17(11-13-18)20(24)22-19-9-7-8-15(2)16(19)3/h7-13H,5-6,14H2,1-4H3,(H,22,24). The van der Waals surface area contributed by atoms with Gasteiger partial charge in [-0.1, -0.05) is 25.5 Å². The number of rotatable bonds is 6. The zero-order chi connectivity index (χ0) is 18.4. The third kappa shape index (κ3) is 4.69. The van der Waals surface area contributed by atoms with Gasteiger partial charge in [0.25, 0.3) is 11.8 Å². The first-order valence-electron chi connectivity index (χ1n) is 8.67. The van der Waals surface area contributed by atoms with Crippen LogP contribution < -0.4 is 5.32 Å². The molecule has 0 heterocycles. The fraction of sp³-hybridized carbons (Fsp3) is 0.333. The summed E-state index contributed by atoms with van der Waals surface area (Å²) in [5.41, 5.74) is 4.13. The van der Waals surface area contributed by atoms with Crippen LogP contribution in [-0.4, -0.2) is 30.3 Å². The normalized spacial score (nSPS) is 10.4. The number of anilines is 1. The maximum absolute atomic E-state index is 12.4. The fourth-order valence-electron chi connectivity index (χ4n) is 2.56. The summed E-state index contributed by atoms with van der Waals surface area (Å²) < 4.78 is 0. The Morgan fingerprint density at radius 1 is 1.00 bits per heavy atom. The summed E-state index contributed by atoms with van der Waals surface area (Å²) in [5.74, 6) is -0.193. The highest BCUT2D eigenvalue weighted by atomic mass is 16.2. The molecule has 0 aliphatic rings. The molecule has 0 radical (unpaired) electrons. The minimum absolute atomic E-state index is 0.0186. The van der Waals surface area contributed by atoms with Gasteiger partial charge in [0, 0.05) is 30.4 Å². The Hall–Kier alpha value is -2.62. The summed E-state index contributed by atoms with van der Waals surface area (Å²) in [6.45, 7) is 6.84. The van der Waals surface area contributed by atoms with Crippen LogP contribution >= 0.6 is 0 Å². The number of carbonyl (C=O) groups excluding carboxylic acids is 2. The number of nitrogens with zero attached hydrogens (tertiary/aromatic N) is 1.